The SMILES string of the molecule is CN(OC1CCCCO1)C(=O)c1ccc(OS(=O)(=O)C(F)(F)F)cc1. The Hall–Kier alpha value is -1.85. The van der Waals surface area contributed by atoms with Crippen LogP contribution in [0.3, 0.4) is 0 Å². The van der Waals surface area contributed by atoms with E-state index >= 15 is 0 Å². The minimum Gasteiger partial charge on any atom is -0.376 e. The van der Waals surface area contributed by atoms with Gasteiger partial charge in [0.25, 0.3) is 5.91 Å². The number of ether oxygens (including phenoxy) is 1. The van der Waals surface area contributed by atoms with E-state index in [0.717, 1.165) is 42.2 Å². The van der Waals surface area contributed by atoms with E-state index in [2.05, 4.69) is 4.18 Å². The van der Waals surface area contributed by atoms with Crippen molar-refractivity contribution in [2.75, 3.05) is 13.7 Å². The maximum atomic E-state index is 12.3. The molecule has 0 saturated carbocycles. The van der Waals surface area contributed by atoms with E-state index in [9.17, 15) is 26.4 Å². The number of rotatable bonds is 5. The number of nitrogens with zero attached hydrogens (tertiary/aromatic N) is 1. The van der Waals surface area contributed by atoms with Crippen LogP contribution in [-0.4, -0.2) is 44.8 Å². The summed E-state index contributed by atoms with van der Waals surface area (Å²) < 4.78 is 67.9. The molecule has 1 atom stereocenters. The second-order valence-electron chi connectivity index (χ2n) is 5.21. The highest BCUT2D eigenvalue weighted by molar-refractivity contribution is 7.88. The Morgan fingerprint density at radius 1 is 1.24 bits per heavy atom. The average Bonchev–Trinajstić information content (AvgIpc) is 2.54. The first-order chi connectivity index (χ1) is 11.6. The lowest BCUT2D eigenvalue weighted by atomic mass is 10.2. The van der Waals surface area contributed by atoms with Crippen LogP contribution in [0.25, 0.3) is 0 Å². The number of carbonyl (C=O) groups is 1. The molecule has 1 saturated heterocycles. The molecule has 1 amide bonds. The molecular formula is C14H16F3NO6S. The van der Waals surface area contributed by atoms with Crippen LogP contribution in [0.4, 0.5) is 13.2 Å². The smallest absolute Gasteiger partial charge is 0.376 e. The molecule has 0 radical (unpaired) electrons. The first-order valence-corrected chi connectivity index (χ1v) is 8.68. The lowest BCUT2D eigenvalue weighted by Crippen LogP contribution is -2.34. The molecule has 1 aromatic rings. The van der Waals surface area contributed by atoms with Gasteiger partial charge >= 0.3 is 15.6 Å². The van der Waals surface area contributed by atoms with Gasteiger partial charge in [0, 0.05) is 25.6 Å². The van der Waals surface area contributed by atoms with Crippen molar-refractivity contribution in [1.29, 1.82) is 0 Å². The van der Waals surface area contributed by atoms with Crippen molar-refractivity contribution in [2.45, 2.75) is 31.1 Å². The van der Waals surface area contributed by atoms with Crippen molar-refractivity contribution >= 4 is 16.0 Å². The first kappa shape index (κ1) is 19.5. The van der Waals surface area contributed by atoms with Gasteiger partial charge in [-0.05, 0) is 37.1 Å². The van der Waals surface area contributed by atoms with Gasteiger partial charge in [-0.25, -0.2) is 9.90 Å². The molecule has 140 valence electrons. The summed E-state index contributed by atoms with van der Waals surface area (Å²) in [5, 5.41) is 0.957. The fourth-order valence-electron chi connectivity index (χ4n) is 2.03. The molecule has 1 heterocycles. The number of benzene rings is 1. The van der Waals surface area contributed by atoms with Crippen LogP contribution in [-0.2, 0) is 19.7 Å². The summed E-state index contributed by atoms with van der Waals surface area (Å²) in [5.41, 5.74) is -5.45. The molecule has 0 N–H and O–H groups in total. The normalized spacial score (nSPS) is 18.6. The summed E-state index contributed by atoms with van der Waals surface area (Å²) in [4.78, 5) is 17.5. The van der Waals surface area contributed by atoms with Crippen molar-refractivity contribution in [2.24, 2.45) is 0 Å². The van der Waals surface area contributed by atoms with Gasteiger partial charge in [-0.1, -0.05) is 0 Å². The van der Waals surface area contributed by atoms with Crippen LogP contribution in [0.15, 0.2) is 24.3 Å². The van der Waals surface area contributed by atoms with Crippen molar-refractivity contribution in [3.05, 3.63) is 29.8 Å². The zero-order valence-corrected chi connectivity index (χ0v) is 14.0. The fraction of sp³-hybridized carbons (Fsp3) is 0.500. The Balaban J connectivity index is 2.00. The van der Waals surface area contributed by atoms with Gasteiger partial charge < -0.3 is 8.92 Å². The molecular weight excluding hydrogens is 367 g/mol. The largest absolute Gasteiger partial charge is 0.534 e. The standard InChI is InChI=1S/C14H16F3NO6S/c1-18(23-12-4-2-3-9-22-12)13(19)10-5-7-11(8-6-10)24-25(20,21)14(15,16)17/h5-8,12H,2-4,9H2,1H3. The van der Waals surface area contributed by atoms with Crippen LogP contribution in [0.5, 0.6) is 5.75 Å². The molecule has 1 aromatic carbocycles. The van der Waals surface area contributed by atoms with Crippen LogP contribution >= 0.6 is 0 Å². The molecule has 0 spiro atoms. The highest BCUT2D eigenvalue weighted by atomic mass is 32.2. The third kappa shape index (κ3) is 5.06. The number of hydrogen-bond donors (Lipinski definition) is 0. The summed E-state index contributed by atoms with van der Waals surface area (Å²) >= 11 is 0. The van der Waals surface area contributed by atoms with Gasteiger partial charge in [0.2, 0.25) is 0 Å². The summed E-state index contributed by atoms with van der Waals surface area (Å²) in [6, 6.07) is 4.15. The van der Waals surface area contributed by atoms with Gasteiger partial charge in [-0.2, -0.15) is 21.6 Å². The van der Waals surface area contributed by atoms with Crippen molar-refractivity contribution in [1.82, 2.24) is 5.06 Å². The van der Waals surface area contributed by atoms with Gasteiger partial charge in [0.15, 0.2) is 6.29 Å². The van der Waals surface area contributed by atoms with E-state index in [1.165, 1.54) is 7.05 Å². The number of hydrogen-bond acceptors (Lipinski definition) is 6. The summed E-state index contributed by atoms with van der Waals surface area (Å²) in [6.07, 6.45) is 1.92. The third-order valence-electron chi connectivity index (χ3n) is 3.29. The van der Waals surface area contributed by atoms with E-state index in [4.69, 9.17) is 9.57 Å². The Morgan fingerprint density at radius 3 is 2.40 bits per heavy atom. The lowest BCUT2D eigenvalue weighted by Gasteiger charge is -2.27. The first-order valence-electron chi connectivity index (χ1n) is 7.27. The van der Waals surface area contributed by atoms with E-state index in [1.54, 1.807) is 0 Å². The quantitative estimate of drug-likeness (QED) is 0.441. The average molecular weight is 383 g/mol. The molecule has 7 nitrogen and oxygen atoms in total. The van der Waals surface area contributed by atoms with E-state index < -0.39 is 33.6 Å². The van der Waals surface area contributed by atoms with Gasteiger partial charge in [-0.3, -0.25) is 4.79 Å². The van der Waals surface area contributed by atoms with Gasteiger partial charge in [0.05, 0.1) is 0 Å². The van der Waals surface area contributed by atoms with Crippen molar-refractivity contribution in [3.63, 3.8) is 0 Å². The van der Waals surface area contributed by atoms with Gasteiger partial charge in [0.1, 0.15) is 5.75 Å². The molecule has 1 aliphatic heterocycles. The number of carbonyl (C=O) groups excluding carboxylic acids is 1. The minimum atomic E-state index is -5.76. The second kappa shape index (κ2) is 7.58. The molecule has 11 heteroatoms. The van der Waals surface area contributed by atoms with Crippen LogP contribution in [0, 0.1) is 0 Å². The number of alkyl halides is 3. The molecule has 25 heavy (non-hydrogen) atoms. The van der Waals surface area contributed by atoms with E-state index in [-0.39, 0.29) is 5.56 Å². The molecule has 0 bridgehead atoms. The fourth-order valence-corrected chi connectivity index (χ4v) is 2.49. The lowest BCUT2D eigenvalue weighted by molar-refractivity contribution is -0.258. The monoisotopic (exact) mass is 383 g/mol. The highest BCUT2D eigenvalue weighted by Gasteiger charge is 2.48. The Bertz CT molecular complexity index is 698. The van der Waals surface area contributed by atoms with Crippen LogP contribution < -0.4 is 4.18 Å². The molecule has 0 aromatic heterocycles. The summed E-state index contributed by atoms with van der Waals surface area (Å²) in [6.45, 7) is 0.534. The number of amides is 1. The Kier molecular flexibility index (Phi) is 5.91. The predicted molar refractivity (Wildman–Crippen MR) is 78.8 cm³/mol. The molecule has 0 aliphatic carbocycles. The summed E-state index contributed by atoms with van der Waals surface area (Å²) in [5.74, 6) is -1.13. The molecule has 1 fully saturated rings. The van der Waals surface area contributed by atoms with E-state index in [0.29, 0.717) is 13.0 Å². The molecule has 1 unspecified atom stereocenters. The highest BCUT2D eigenvalue weighted by Crippen LogP contribution is 2.27. The minimum absolute atomic E-state index is 0.0788. The topological polar surface area (TPSA) is 82.1 Å². The van der Waals surface area contributed by atoms with Crippen LogP contribution in [0.1, 0.15) is 29.6 Å². The maximum Gasteiger partial charge on any atom is 0.534 e. The third-order valence-corrected chi connectivity index (χ3v) is 4.27. The van der Waals surface area contributed by atoms with Gasteiger partial charge in [-0.15, -0.1) is 0 Å². The number of halogens is 3. The maximum absolute atomic E-state index is 12.3. The molecule has 1 aliphatic rings. The van der Waals surface area contributed by atoms with Crippen molar-refractivity contribution in [3.8, 4) is 5.75 Å². The van der Waals surface area contributed by atoms with Crippen molar-refractivity contribution < 1.29 is 40.1 Å². The van der Waals surface area contributed by atoms with E-state index in [1.807, 2.05) is 0 Å². The Labute approximate surface area is 142 Å². The summed E-state index contributed by atoms with van der Waals surface area (Å²) in [7, 11) is -4.38. The molecule has 2 rings (SSSR count). The van der Waals surface area contributed by atoms with Crippen LogP contribution in [0.2, 0.25) is 0 Å². The Morgan fingerprint density at radius 2 is 1.88 bits per heavy atom. The second-order valence-corrected chi connectivity index (χ2v) is 6.75. The number of hydroxylamine groups is 2. The zero-order valence-electron chi connectivity index (χ0n) is 13.2. The zero-order chi connectivity index (χ0) is 18.7. The predicted octanol–water partition coefficient (Wildman–Crippen LogP) is 2.45.